The van der Waals surface area contributed by atoms with Gasteiger partial charge in [0.05, 0.1) is 0 Å². The van der Waals surface area contributed by atoms with Crippen molar-refractivity contribution in [3.05, 3.63) is 11.6 Å². The predicted octanol–water partition coefficient (Wildman–Crippen LogP) is -1.50. The Balaban J connectivity index is 1.93. The molecular formula is C10H14O6. The van der Waals surface area contributed by atoms with Crippen LogP contribution in [0.3, 0.4) is 0 Å². The van der Waals surface area contributed by atoms with E-state index in [2.05, 4.69) is 0 Å². The van der Waals surface area contributed by atoms with Crippen molar-refractivity contribution in [2.45, 2.75) is 31.6 Å². The first-order valence-electron chi connectivity index (χ1n) is 5.32. The minimum absolute atomic E-state index is 0.257. The molecule has 0 radical (unpaired) electrons. The number of fused-ring (bicyclic) bond motifs is 2. The standard InChI is InChI=1S/C10H14O6/c11-7-3-1-4-6(10(14)16-8(4)12)2-5(3)9(13)15-7/h1,3,5-14H,2H2/t3?,5?,6?,7-,8?,9?,10-/m1/s1. The van der Waals surface area contributed by atoms with E-state index in [1.807, 2.05) is 0 Å². The predicted molar refractivity (Wildman–Crippen MR) is 49.4 cm³/mol. The Morgan fingerprint density at radius 3 is 2.50 bits per heavy atom. The van der Waals surface area contributed by atoms with E-state index in [4.69, 9.17) is 9.47 Å². The Hall–Kier alpha value is -0.500. The summed E-state index contributed by atoms with van der Waals surface area (Å²) in [6, 6.07) is 0. The van der Waals surface area contributed by atoms with Crippen molar-refractivity contribution in [2.75, 3.05) is 0 Å². The number of ether oxygens (including phenoxy) is 2. The van der Waals surface area contributed by atoms with Crippen LogP contribution in [0.25, 0.3) is 0 Å². The number of aliphatic hydroxyl groups excluding tert-OH is 4. The number of hydrogen-bond donors (Lipinski definition) is 4. The molecule has 0 bridgehead atoms. The minimum atomic E-state index is -1.12. The molecule has 0 saturated carbocycles. The van der Waals surface area contributed by atoms with Crippen molar-refractivity contribution < 1.29 is 29.9 Å². The highest BCUT2D eigenvalue weighted by molar-refractivity contribution is 5.21. The third kappa shape index (κ3) is 1.35. The molecule has 2 heterocycles. The van der Waals surface area contributed by atoms with Crippen molar-refractivity contribution in [3.63, 3.8) is 0 Å². The average Bonchev–Trinajstić information content (AvgIpc) is 2.67. The Morgan fingerprint density at radius 1 is 1.00 bits per heavy atom. The first-order chi connectivity index (χ1) is 7.58. The summed E-state index contributed by atoms with van der Waals surface area (Å²) in [5, 5.41) is 38.2. The third-order valence-corrected chi connectivity index (χ3v) is 3.71. The van der Waals surface area contributed by atoms with Crippen LogP contribution in [0.2, 0.25) is 0 Å². The lowest BCUT2D eigenvalue weighted by Gasteiger charge is -2.28. The van der Waals surface area contributed by atoms with Gasteiger partial charge in [0.25, 0.3) is 0 Å². The van der Waals surface area contributed by atoms with E-state index < -0.39 is 25.2 Å². The quantitative estimate of drug-likeness (QED) is 0.378. The van der Waals surface area contributed by atoms with Gasteiger partial charge >= 0.3 is 0 Å². The normalized spacial score (nSPS) is 55.8. The molecule has 16 heavy (non-hydrogen) atoms. The molecule has 2 aliphatic heterocycles. The molecule has 5 unspecified atom stereocenters. The number of aliphatic hydroxyl groups is 4. The number of hydrogen-bond acceptors (Lipinski definition) is 6. The van der Waals surface area contributed by atoms with Crippen LogP contribution in [-0.4, -0.2) is 45.6 Å². The summed E-state index contributed by atoms with van der Waals surface area (Å²) in [6.07, 6.45) is -2.16. The fourth-order valence-electron chi connectivity index (χ4n) is 2.84. The van der Waals surface area contributed by atoms with Gasteiger partial charge in [-0.15, -0.1) is 0 Å². The van der Waals surface area contributed by atoms with Gasteiger partial charge in [-0.05, 0) is 12.0 Å². The molecule has 2 saturated heterocycles. The summed E-state index contributed by atoms with van der Waals surface area (Å²) in [4.78, 5) is 0. The lowest BCUT2D eigenvalue weighted by molar-refractivity contribution is -0.177. The van der Waals surface area contributed by atoms with E-state index >= 15 is 0 Å². The Morgan fingerprint density at radius 2 is 1.75 bits per heavy atom. The van der Waals surface area contributed by atoms with Crippen LogP contribution >= 0.6 is 0 Å². The topological polar surface area (TPSA) is 99.4 Å². The van der Waals surface area contributed by atoms with Gasteiger partial charge in [-0.25, -0.2) is 0 Å². The lowest BCUT2D eigenvalue weighted by atomic mass is 9.76. The fraction of sp³-hybridized carbons (Fsp3) is 0.800. The molecule has 90 valence electrons. The summed E-state index contributed by atoms with van der Waals surface area (Å²) in [5.41, 5.74) is 0.575. The molecular weight excluding hydrogens is 216 g/mol. The third-order valence-electron chi connectivity index (χ3n) is 3.71. The molecule has 0 aromatic rings. The Labute approximate surface area is 91.7 Å². The van der Waals surface area contributed by atoms with E-state index in [0.717, 1.165) is 0 Å². The van der Waals surface area contributed by atoms with Crippen molar-refractivity contribution in [2.24, 2.45) is 17.8 Å². The van der Waals surface area contributed by atoms with Gasteiger partial charge in [0.2, 0.25) is 0 Å². The summed E-state index contributed by atoms with van der Waals surface area (Å²) >= 11 is 0. The molecule has 2 fully saturated rings. The molecule has 0 spiro atoms. The highest BCUT2D eigenvalue weighted by Gasteiger charge is 2.51. The van der Waals surface area contributed by atoms with Gasteiger partial charge in [0, 0.05) is 17.8 Å². The average molecular weight is 230 g/mol. The maximum Gasteiger partial charge on any atom is 0.180 e. The fourth-order valence-corrected chi connectivity index (χ4v) is 2.84. The second kappa shape index (κ2) is 3.49. The van der Waals surface area contributed by atoms with Gasteiger partial charge in [0.15, 0.2) is 25.2 Å². The summed E-state index contributed by atoms with van der Waals surface area (Å²) in [6.45, 7) is 0. The molecule has 6 nitrogen and oxygen atoms in total. The first kappa shape index (κ1) is 10.6. The van der Waals surface area contributed by atoms with Crippen LogP contribution in [0.5, 0.6) is 0 Å². The van der Waals surface area contributed by atoms with Gasteiger partial charge in [-0.3, -0.25) is 0 Å². The largest absolute Gasteiger partial charge is 0.368 e. The monoisotopic (exact) mass is 230 g/mol. The Kier molecular flexibility index (Phi) is 2.32. The zero-order valence-electron chi connectivity index (χ0n) is 8.43. The van der Waals surface area contributed by atoms with Crippen LogP contribution in [0.4, 0.5) is 0 Å². The lowest BCUT2D eigenvalue weighted by Crippen LogP contribution is -2.31. The highest BCUT2D eigenvalue weighted by Crippen LogP contribution is 2.47. The second-order valence-corrected chi connectivity index (χ2v) is 4.55. The molecule has 7 atom stereocenters. The molecule has 0 aromatic heterocycles. The van der Waals surface area contributed by atoms with Crippen LogP contribution in [0.1, 0.15) is 6.42 Å². The van der Waals surface area contributed by atoms with Crippen molar-refractivity contribution in [1.82, 2.24) is 0 Å². The van der Waals surface area contributed by atoms with Crippen molar-refractivity contribution >= 4 is 0 Å². The first-order valence-corrected chi connectivity index (χ1v) is 5.32. The van der Waals surface area contributed by atoms with E-state index in [9.17, 15) is 20.4 Å². The highest BCUT2D eigenvalue weighted by atomic mass is 16.7. The van der Waals surface area contributed by atoms with Crippen LogP contribution in [-0.2, 0) is 9.47 Å². The van der Waals surface area contributed by atoms with Crippen molar-refractivity contribution in [3.8, 4) is 0 Å². The smallest absolute Gasteiger partial charge is 0.180 e. The molecule has 0 amide bonds. The van der Waals surface area contributed by atoms with Gasteiger partial charge < -0.3 is 29.9 Å². The summed E-state index contributed by atoms with van der Waals surface area (Å²) < 4.78 is 9.79. The minimum Gasteiger partial charge on any atom is -0.368 e. The van der Waals surface area contributed by atoms with E-state index in [-0.39, 0.29) is 17.8 Å². The summed E-state index contributed by atoms with van der Waals surface area (Å²) in [7, 11) is 0. The van der Waals surface area contributed by atoms with Gasteiger partial charge in [-0.1, -0.05) is 6.08 Å². The second-order valence-electron chi connectivity index (χ2n) is 4.55. The Bertz CT molecular complexity index is 329. The van der Waals surface area contributed by atoms with E-state index in [0.29, 0.717) is 12.0 Å². The maximum absolute atomic E-state index is 9.57. The van der Waals surface area contributed by atoms with E-state index in [1.165, 1.54) is 0 Å². The van der Waals surface area contributed by atoms with Crippen molar-refractivity contribution in [1.29, 1.82) is 0 Å². The van der Waals surface area contributed by atoms with Gasteiger partial charge in [0.1, 0.15) is 0 Å². The molecule has 3 aliphatic rings. The molecule has 1 aliphatic carbocycles. The van der Waals surface area contributed by atoms with Gasteiger partial charge in [-0.2, -0.15) is 0 Å². The van der Waals surface area contributed by atoms with E-state index in [1.54, 1.807) is 6.08 Å². The molecule has 6 heteroatoms. The van der Waals surface area contributed by atoms with Crippen LogP contribution in [0.15, 0.2) is 11.6 Å². The van der Waals surface area contributed by atoms with Crippen LogP contribution in [0, 0.1) is 17.8 Å². The zero-order chi connectivity index (χ0) is 11.4. The number of rotatable bonds is 0. The summed E-state index contributed by atoms with van der Waals surface area (Å²) in [5.74, 6) is -0.920. The maximum atomic E-state index is 9.57. The van der Waals surface area contributed by atoms with Crippen LogP contribution < -0.4 is 0 Å². The molecule has 3 rings (SSSR count). The SMILES string of the molecule is OC1O[C@@H](O)C2CC3C(O)O[C@@H](O)C3C=C12. The molecule has 0 aromatic carbocycles. The zero-order valence-corrected chi connectivity index (χ0v) is 8.43. The molecule has 4 N–H and O–H groups in total.